The lowest BCUT2D eigenvalue weighted by Gasteiger charge is -2.22. The van der Waals surface area contributed by atoms with Crippen molar-refractivity contribution in [2.75, 3.05) is 20.1 Å². The van der Waals surface area contributed by atoms with Crippen molar-refractivity contribution >= 4 is 29.9 Å². The van der Waals surface area contributed by atoms with Gasteiger partial charge in [0.25, 0.3) is 0 Å². The number of nitrogens with one attached hydrogen (secondary N) is 1. The van der Waals surface area contributed by atoms with Crippen molar-refractivity contribution < 1.29 is 4.74 Å². The Morgan fingerprint density at radius 3 is 2.68 bits per heavy atom. The van der Waals surface area contributed by atoms with Gasteiger partial charge in [-0.2, -0.15) is 5.10 Å². The van der Waals surface area contributed by atoms with Crippen molar-refractivity contribution in [3.63, 3.8) is 0 Å². The molecule has 1 aromatic heterocycles. The maximum absolute atomic E-state index is 5.87. The standard InChI is InChI=1S/C17H26N6O.HI/c1-5-18-17(22(3)12-16-20-13-21-23(16)4)19-11-14(2)24-15-9-7-6-8-10-15;/h6-10,13-14H,5,11-12H2,1-4H3,(H,18,19);1H. The second kappa shape index (κ2) is 10.9. The Labute approximate surface area is 166 Å². The molecule has 0 aliphatic rings. The number of aliphatic imine (C=N–C) groups is 1. The third-order valence-electron chi connectivity index (χ3n) is 3.46. The van der Waals surface area contributed by atoms with Crippen molar-refractivity contribution in [3.05, 3.63) is 42.5 Å². The number of aromatic nitrogens is 3. The van der Waals surface area contributed by atoms with Gasteiger partial charge in [-0.25, -0.2) is 9.98 Å². The Bertz CT molecular complexity index is 646. The predicted molar refractivity (Wildman–Crippen MR) is 110 cm³/mol. The topological polar surface area (TPSA) is 67.6 Å². The van der Waals surface area contributed by atoms with Crippen LogP contribution in [0.4, 0.5) is 0 Å². The fourth-order valence-corrected chi connectivity index (χ4v) is 2.20. The summed E-state index contributed by atoms with van der Waals surface area (Å²) in [6, 6.07) is 9.80. The number of aryl methyl sites for hydroxylation is 1. The van der Waals surface area contributed by atoms with Crippen LogP contribution in [0, 0.1) is 0 Å². The molecule has 1 aromatic carbocycles. The monoisotopic (exact) mass is 458 g/mol. The molecule has 8 heteroatoms. The summed E-state index contributed by atoms with van der Waals surface area (Å²) in [5.74, 6) is 2.57. The maximum Gasteiger partial charge on any atom is 0.194 e. The Hall–Kier alpha value is -1.84. The molecule has 0 amide bonds. The van der Waals surface area contributed by atoms with Gasteiger partial charge in [-0.3, -0.25) is 4.68 Å². The SMILES string of the molecule is CCNC(=NCC(C)Oc1ccccc1)N(C)Cc1ncnn1C.I. The number of rotatable bonds is 7. The van der Waals surface area contributed by atoms with Crippen LogP contribution >= 0.6 is 24.0 Å². The lowest BCUT2D eigenvalue weighted by Crippen LogP contribution is -2.39. The lowest BCUT2D eigenvalue weighted by molar-refractivity contribution is 0.229. The summed E-state index contributed by atoms with van der Waals surface area (Å²) in [5, 5.41) is 7.39. The van der Waals surface area contributed by atoms with Gasteiger partial charge in [-0.1, -0.05) is 18.2 Å². The van der Waals surface area contributed by atoms with Gasteiger partial charge in [0.15, 0.2) is 5.96 Å². The van der Waals surface area contributed by atoms with Crippen LogP contribution in [-0.4, -0.2) is 51.9 Å². The highest BCUT2D eigenvalue weighted by molar-refractivity contribution is 14.0. The summed E-state index contributed by atoms with van der Waals surface area (Å²) in [7, 11) is 3.87. The molecule has 7 nitrogen and oxygen atoms in total. The molecule has 0 radical (unpaired) electrons. The fraction of sp³-hybridized carbons (Fsp3) is 0.471. The molecule has 0 fully saturated rings. The number of halogens is 1. The van der Waals surface area contributed by atoms with Crippen molar-refractivity contribution in [1.82, 2.24) is 25.0 Å². The van der Waals surface area contributed by atoms with E-state index in [9.17, 15) is 0 Å². The number of ether oxygens (including phenoxy) is 1. The Balaban J connectivity index is 0.00000312. The van der Waals surface area contributed by atoms with Gasteiger partial charge in [-0.05, 0) is 26.0 Å². The van der Waals surface area contributed by atoms with Gasteiger partial charge in [0.2, 0.25) is 0 Å². The molecule has 2 aromatic rings. The van der Waals surface area contributed by atoms with Crippen molar-refractivity contribution in [2.45, 2.75) is 26.5 Å². The van der Waals surface area contributed by atoms with Crippen molar-refractivity contribution in [1.29, 1.82) is 0 Å². The van der Waals surface area contributed by atoms with E-state index in [0.29, 0.717) is 13.1 Å². The summed E-state index contributed by atoms with van der Waals surface area (Å²) in [4.78, 5) is 11.0. The summed E-state index contributed by atoms with van der Waals surface area (Å²) >= 11 is 0. The minimum absolute atomic E-state index is 0. The third-order valence-corrected chi connectivity index (χ3v) is 3.46. The van der Waals surface area contributed by atoms with E-state index in [1.165, 1.54) is 0 Å². The number of guanidine groups is 1. The van der Waals surface area contributed by atoms with Gasteiger partial charge in [0.05, 0.1) is 13.1 Å². The molecule has 0 aliphatic heterocycles. The van der Waals surface area contributed by atoms with E-state index in [1.54, 1.807) is 11.0 Å². The molecule has 0 aliphatic carbocycles. The molecule has 0 saturated heterocycles. The zero-order chi connectivity index (χ0) is 17.4. The predicted octanol–water partition coefficient (Wildman–Crippen LogP) is 2.30. The average Bonchev–Trinajstić information content (AvgIpc) is 2.97. The molecule has 138 valence electrons. The van der Waals surface area contributed by atoms with E-state index in [4.69, 9.17) is 4.74 Å². The summed E-state index contributed by atoms with van der Waals surface area (Å²) in [5.41, 5.74) is 0. The van der Waals surface area contributed by atoms with E-state index in [1.807, 2.05) is 56.3 Å². The smallest absolute Gasteiger partial charge is 0.194 e. The zero-order valence-corrected chi connectivity index (χ0v) is 17.5. The minimum Gasteiger partial charge on any atom is -0.489 e. The van der Waals surface area contributed by atoms with Crippen LogP contribution in [0.3, 0.4) is 0 Å². The molecule has 0 saturated carbocycles. The minimum atomic E-state index is -0.00992. The largest absolute Gasteiger partial charge is 0.489 e. The Morgan fingerprint density at radius 1 is 1.36 bits per heavy atom. The molecule has 0 spiro atoms. The Morgan fingerprint density at radius 2 is 2.08 bits per heavy atom. The first kappa shape index (κ1) is 21.2. The van der Waals surface area contributed by atoms with Gasteiger partial charge >= 0.3 is 0 Å². The molecular formula is C17H27IN6O. The van der Waals surface area contributed by atoms with Crippen LogP contribution in [0.5, 0.6) is 5.75 Å². The maximum atomic E-state index is 5.87. The molecule has 1 atom stereocenters. The van der Waals surface area contributed by atoms with Crippen LogP contribution in [0.15, 0.2) is 41.7 Å². The molecule has 1 N–H and O–H groups in total. The Kier molecular flexibility index (Phi) is 9.25. The number of hydrogen-bond acceptors (Lipinski definition) is 4. The first-order valence-electron chi connectivity index (χ1n) is 8.14. The van der Waals surface area contributed by atoms with Crippen LogP contribution in [0.25, 0.3) is 0 Å². The van der Waals surface area contributed by atoms with Crippen LogP contribution in [0.2, 0.25) is 0 Å². The van der Waals surface area contributed by atoms with Crippen LogP contribution in [0.1, 0.15) is 19.7 Å². The number of para-hydroxylation sites is 1. The van der Waals surface area contributed by atoms with Crippen LogP contribution < -0.4 is 10.1 Å². The summed E-state index contributed by atoms with van der Waals surface area (Å²) in [6.45, 7) is 6.07. The lowest BCUT2D eigenvalue weighted by atomic mass is 10.3. The van der Waals surface area contributed by atoms with Crippen molar-refractivity contribution in [2.24, 2.45) is 12.0 Å². The van der Waals surface area contributed by atoms with Gasteiger partial charge in [0, 0.05) is 20.6 Å². The van der Waals surface area contributed by atoms with Crippen molar-refractivity contribution in [3.8, 4) is 5.75 Å². The molecule has 2 rings (SSSR count). The average molecular weight is 458 g/mol. The van der Waals surface area contributed by atoms with Crippen LogP contribution in [-0.2, 0) is 13.6 Å². The first-order chi connectivity index (χ1) is 11.6. The molecule has 1 unspecified atom stereocenters. The molecule has 1 heterocycles. The normalized spacial score (nSPS) is 12.2. The van der Waals surface area contributed by atoms with Gasteiger partial charge < -0.3 is 15.0 Å². The molecular weight excluding hydrogens is 431 g/mol. The van der Waals surface area contributed by atoms with E-state index in [-0.39, 0.29) is 30.1 Å². The number of benzene rings is 1. The van der Waals surface area contributed by atoms with E-state index in [2.05, 4.69) is 27.3 Å². The highest BCUT2D eigenvalue weighted by Crippen LogP contribution is 2.11. The number of hydrogen-bond donors (Lipinski definition) is 1. The van der Waals surface area contributed by atoms with E-state index < -0.39 is 0 Å². The summed E-state index contributed by atoms with van der Waals surface area (Å²) < 4.78 is 7.63. The second-order valence-electron chi connectivity index (χ2n) is 5.59. The summed E-state index contributed by atoms with van der Waals surface area (Å²) in [6.07, 6.45) is 1.55. The fourth-order valence-electron chi connectivity index (χ4n) is 2.20. The number of nitrogens with zero attached hydrogens (tertiary/aromatic N) is 5. The quantitative estimate of drug-likeness (QED) is 0.392. The highest BCUT2D eigenvalue weighted by Gasteiger charge is 2.11. The molecule has 0 bridgehead atoms. The van der Waals surface area contributed by atoms with Gasteiger partial charge in [0.1, 0.15) is 24.0 Å². The third kappa shape index (κ3) is 6.89. The zero-order valence-electron chi connectivity index (χ0n) is 15.2. The van der Waals surface area contributed by atoms with E-state index >= 15 is 0 Å². The second-order valence-corrected chi connectivity index (χ2v) is 5.59. The van der Waals surface area contributed by atoms with Gasteiger partial charge in [-0.15, -0.1) is 24.0 Å². The molecule has 25 heavy (non-hydrogen) atoms. The van der Waals surface area contributed by atoms with E-state index in [0.717, 1.165) is 24.1 Å². The highest BCUT2D eigenvalue weighted by atomic mass is 127. The first-order valence-corrected chi connectivity index (χ1v) is 8.14.